The van der Waals surface area contributed by atoms with Crippen molar-refractivity contribution in [3.63, 3.8) is 0 Å². The number of para-hydroxylation sites is 1. The van der Waals surface area contributed by atoms with Crippen molar-refractivity contribution in [2.45, 2.75) is 19.4 Å². The number of hydrogen-bond donors (Lipinski definition) is 0. The van der Waals surface area contributed by atoms with Crippen molar-refractivity contribution in [3.05, 3.63) is 36.0 Å². The Morgan fingerprint density at radius 1 is 1.12 bits per heavy atom. The fraction of sp³-hybridized carbons (Fsp3) is 0.429. The first-order chi connectivity index (χ1) is 7.84. The first kappa shape index (κ1) is 9.91. The van der Waals surface area contributed by atoms with Gasteiger partial charge in [-0.15, -0.1) is 0 Å². The maximum atomic E-state index is 2.56. The van der Waals surface area contributed by atoms with Crippen LogP contribution >= 0.6 is 0 Å². The van der Waals surface area contributed by atoms with Gasteiger partial charge in [0.05, 0.1) is 0 Å². The van der Waals surface area contributed by atoms with Crippen molar-refractivity contribution >= 4 is 10.9 Å². The normalized spacial score (nSPS) is 17.3. The third-order valence-corrected chi connectivity index (χ3v) is 3.57. The van der Waals surface area contributed by atoms with Crippen LogP contribution in [0.3, 0.4) is 0 Å². The predicted molar refractivity (Wildman–Crippen MR) is 67.4 cm³/mol. The molecule has 16 heavy (non-hydrogen) atoms. The van der Waals surface area contributed by atoms with E-state index >= 15 is 0 Å². The molecule has 0 radical (unpaired) electrons. The maximum absolute atomic E-state index is 2.56. The van der Waals surface area contributed by atoms with Crippen molar-refractivity contribution in [1.29, 1.82) is 0 Å². The molecule has 1 aromatic carbocycles. The van der Waals surface area contributed by atoms with E-state index in [9.17, 15) is 0 Å². The van der Waals surface area contributed by atoms with Gasteiger partial charge in [0.1, 0.15) is 0 Å². The van der Waals surface area contributed by atoms with E-state index in [-0.39, 0.29) is 0 Å². The standard InChI is InChI=1S/C14H18N2/c1-15-10-12(11-16-8-4-5-9-16)13-6-2-3-7-14(13)15/h2-3,6-7,10H,4-5,8-9,11H2,1H3. The second-order valence-corrected chi connectivity index (χ2v) is 4.77. The van der Waals surface area contributed by atoms with Crippen molar-refractivity contribution in [2.24, 2.45) is 7.05 Å². The molecule has 84 valence electrons. The van der Waals surface area contributed by atoms with Gasteiger partial charge in [0.25, 0.3) is 0 Å². The molecule has 1 fully saturated rings. The molecule has 1 aromatic heterocycles. The van der Waals surface area contributed by atoms with Gasteiger partial charge in [-0.1, -0.05) is 18.2 Å². The summed E-state index contributed by atoms with van der Waals surface area (Å²) in [5.74, 6) is 0. The Morgan fingerprint density at radius 3 is 2.69 bits per heavy atom. The van der Waals surface area contributed by atoms with Crippen molar-refractivity contribution in [1.82, 2.24) is 9.47 Å². The number of rotatable bonds is 2. The van der Waals surface area contributed by atoms with Gasteiger partial charge in [-0.3, -0.25) is 4.90 Å². The van der Waals surface area contributed by atoms with Gasteiger partial charge < -0.3 is 4.57 Å². The van der Waals surface area contributed by atoms with Crippen LogP contribution in [0.15, 0.2) is 30.5 Å². The number of fused-ring (bicyclic) bond motifs is 1. The van der Waals surface area contributed by atoms with Crippen LogP contribution in [0.25, 0.3) is 10.9 Å². The largest absolute Gasteiger partial charge is 0.350 e. The fourth-order valence-corrected chi connectivity index (χ4v) is 2.73. The number of benzene rings is 1. The van der Waals surface area contributed by atoms with Gasteiger partial charge >= 0.3 is 0 Å². The van der Waals surface area contributed by atoms with E-state index in [4.69, 9.17) is 0 Å². The second kappa shape index (κ2) is 3.95. The number of hydrogen-bond acceptors (Lipinski definition) is 1. The Hall–Kier alpha value is -1.28. The van der Waals surface area contributed by atoms with E-state index < -0.39 is 0 Å². The molecule has 0 aliphatic carbocycles. The van der Waals surface area contributed by atoms with Crippen LogP contribution in [-0.2, 0) is 13.6 Å². The summed E-state index contributed by atoms with van der Waals surface area (Å²) in [6, 6.07) is 8.68. The summed E-state index contributed by atoms with van der Waals surface area (Å²) < 4.78 is 2.24. The van der Waals surface area contributed by atoms with Crippen LogP contribution < -0.4 is 0 Å². The molecule has 1 aliphatic rings. The van der Waals surface area contributed by atoms with E-state index in [2.05, 4.69) is 47.0 Å². The van der Waals surface area contributed by atoms with Gasteiger partial charge in [-0.25, -0.2) is 0 Å². The van der Waals surface area contributed by atoms with Gasteiger partial charge in [-0.2, -0.15) is 0 Å². The molecule has 0 saturated carbocycles. The van der Waals surface area contributed by atoms with Gasteiger partial charge in [0.15, 0.2) is 0 Å². The lowest BCUT2D eigenvalue weighted by atomic mass is 10.1. The SMILES string of the molecule is Cn1cc(CN2CCCC2)c2ccccc21. The summed E-state index contributed by atoms with van der Waals surface area (Å²) in [5.41, 5.74) is 2.82. The van der Waals surface area contributed by atoms with Crippen molar-refractivity contribution in [2.75, 3.05) is 13.1 Å². The van der Waals surface area contributed by atoms with Crippen LogP contribution in [-0.4, -0.2) is 22.6 Å². The molecule has 0 amide bonds. The topological polar surface area (TPSA) is 8.17 Å². The minimum atomic E-state index is 1.11. The summed E-state index contributed by atoms with van der Waals surface area (Å²) >= 11 is 0. The lowest BCUT2D eigenvalue weighted by molar-refractivity contribution is 0.332. The Labute approximate surface area is 96.5 Å². The summed E-state index contributed by atoms with van der Waals surface area (Å²) in [6.07, 6.45) is 5.01. The zero-order valence-corrected chi connectivity index (χ0v) is 9.82. The average Bonchev–Trinajstić information content (AvgIpc) is 2.90. The molecule has 2 nitrogen and oxygen atoms in total. The Morgan fingerprint density at radius 2 is 1.88 bits per heavy atom. The molecular weight excluding hydrogens is 196 g/mol. The average molecular weight is 214 g/mol. The van der Waals surface area contributed by atoms with Crippen LogP contribution in [0.1, 0.15) is 18.4 Å². The van der Waals surface area contributed by atoms with Gasteiger partial charge in [0, 0.05) is 30.7 Å². The number of likely N-dealkylation sites (tertiary alicyclic amines) is 1. The zero-order chi connectivity index (χ0) is 11.0. The molecule has 2 heterocycles. The third-order valence-electron chi connectivity index (χ3n) is 3.57. The molecule has 1 aliphatic heterocycles. The number of aromatic nitrogens is 1. The highest BCUT2D eigenvalue weighted by atomic mass is 15.1. The predicted octanol–water partition coefficient (Wildman–Crippen LogP) is 2.77. The first-order valence-corrected chi connectivity index (χ1v) is 6.10. The molecule has 0 N–H and O–H groups in total. The lowest BCUT2D eigenvalue weighted by Gasteiger charge is -2.13. The highest BCUT2D eigenvalue weighted by Crippen LogP contribution is 2.23. The van der Waals surface area contributed by atoms with E-state index in [0.29, 0.717) is 0 Å². The van der Waals surface area contributed by atoms with E-state index in [1.807, 2.05) is 0 Å². The Balaban J connectivity index is 1.96. The molecule has 2 aromatic rings. The van der Waals surface area contributed by atoms with E-state index in [1.54, 1.807) is 0 Å². The second-order valence-electron chi connectivity index (χ2n) is 4.77. The van der Waals surface area contributed by atoms with E-state index in [1.165, 1.54) is 42.4 Å². The Kier molecular flexibility index (Phi) is 2.44. The van der Waals surface area contributed by atoms with Gasteiger partial charge in [-0.05, 0) is 37.6 Å². The molecule has 0 unspecified atom stereocenters. The number of nitrogens with zero attached hydrogens (tertiary/aromatic N) is 2. The third kappa shape index (κ3) is 1.63. The van der Waals surface area contributed by atoms with Crippen LogP contribution in [0, 0.1) is 0 Å². The molecule has 3 rings (SSSR count). The van der Waals surface area contributed by atoms with Crippen molar-refractivity contribution < 1.29 is 0 Å². The minimum absolute atomic E-state index is 1.11. The fourth-order valence-electron chi connectivity index (χ4n) is 2.73. The highest BCUT2D eigenvalue weighted by Gasteiger charge is 2.14. The first-order valence-electron chi connectivity index (χ1n) is 6.10. The lowest BCUT2D eigenvalue weighted by Crippen LogP contribution is -2.18. The molecule has 2 heteroatoms. The summed E-state index contributed by atoms with van der Waals surface area (Å²) in [6.45, 7) is 3.65. The quantitative estimate of drug-likeness (QED) is 0.746. The molecule has 0 bridgehead atoms. The summed E-state index contributed by atoms with van der Waals surface area (Å²) in [4.78, 5) is 2.56. The molecule has 0 atom stereocenters. The molecular formula is C14H18N2. The van der Waals surface area contributed by atoms with Gasteiger partial charge in [0.2, 0.25) is 0 Å². The van der Waals surface area contributed by atoms with Crippen molar-refractivity contribution in [3.8, 4) is 0 Å². The van der Waals surface area contributed by atoms with Crippen LogP contribution in [0.4, 0.5) is 0 Å². The van der Waals surface area contributed by atoms with Crippen LogP contribution in [0.2, 0.25) is 0 Å². The minimum Gasteiger partial charge on any atom is -0.350 e. The molecule has 0 spiro atoms. The molecule has 1 saturated heterocycles. The smallest absolute Gasteiger partial charge is 0.0481 e. The summed E-state index contributed by atoms with van der Waals surface area (Å²) in [7, 11) is 2.13. The van der Waals surface area contributed by atoms with Crippen LogP contribution in [0.5, 0.6) is 0 Å². The highest BCUT2D eigenvalue weighted by molar-refractivity contribution is 5.83. The van der Waals surface area contributed by atoms with E-state index in [0.717, 1.165) is 6.54 Å². The maximum Gasteiger partial charge on any atom is 0.0481 e. The summed E-state index contributed by atoms with van der Waals surface area (Å²) in [5, 5.41) is 1.41. The zero-order valence-electron chi connectivity index (χ0n) is 9.82. The Bertz CT molecular complexity index is 492. The monoisotopic (exact) mass is 214 g/mol. The number of aryl methyl sites for hydroxylation is 1.